The predicted octanol–water partition coefficient (Wildman–Crippen LogP) is 8.57. The van der Waals surface area contributed by atoms with Crippen LogP contribution in [0.4, 0.5) is 5.69 Å². The molecule has 3 heterocycles. The molecule has 1 fully saturated rings. The number of pyridine rings is 2. The maximum Gasteiger partial charge on any atom is 0.203 e. The Bertz CT molecular complexity index is 1910. The van der Waals surface area contributed by atoms with Gasteiger partial charge < -0.3 is 38.1 Å². The fourth-order valence-corrected chi connectivity index (χ4v) is 6.93. The molecule has 0 radical (unpaired) electrons. The molecule has 55 heavy (non-hydrogen) atoms. The van der Waals surface area contributed by atoms with Crippen LogP contribution in [-0.4, -0.2) is 83.8 Å². The molecule has 1 aliphatic rings. The number of aromatic nitrogens is 2. The molecule has 1 saturated heterocycles. The number of nitrogens with zero attached hydrogens (tertiary/aromatic N) is 4. The second kappa shape index (κ2) is 19.6. The van der Waals surface area contributed by atoms with E-state index in [1.807, 2.05) is 68.7 Å². The van der Waals surface area contributed by atoms with E-state index in [0.717, 1.165) is 78.5 Å². The molecule has 0 unspecified atom stereocenters. The first-order valence-corrected chi connectivity index (χ1v) is 18.6. The highest BCUT2D eigenvalue weighted by Gasteiger charge is 2.26. The number of anilines is 1. The summed E-state index contributed by atoms with van der Waals surface area (Å²) in [5.41, 5.74) is 6.94. The molecular formula is C44H54N4O7. The van der Waals surface area contributed by atoms with Gasteiger partial charge >= 0.3 is 0 Å². The SMILES string of the molecule is CC.COc1ccc(N(Cc2ccc(-c3cc(OC)c(OC)c(OC)c3)nc2)C2CCN(Cc3ccnc(-c4cc(OC)c(OC)c(OC)c4)c3)CC2)cc1. The molecule has 3 aromatic carbocycles. The summed E-state index contributed by atoms with van der Waals surface area (Å²) in [6, 6.07) is 24.8. The summed E-state index contributed by atoms with van der Waals surface area (Å²) in [4.78, 5) is 14.5. The van der Waals surface area contributed by atoms with Crippen LogP contribution in [0.2, 0.25) is 0 Å². The smallest absolute Gasteiger partial charge is 0.203 e. The Kier molecular flexibility index (Phi) is 14.4. The van der Waals surface area contributed by atoms with Gasteiger partial charge in [-0.05, 0) is 90.7 Å². The van der Waals surface area contributed by atoms with Crippen molar-refractivity contribution in [2.24, 2.45) is 0 Å². The molecule has 0 aliphatic carbocycles. The van der Waals surface area contributed by atoms with Crippen LogP contribution < -0.4 is 38.1 Å². The number of benzene rings is 3. The molecule has 0 N–H and O–H groups in total. The van der Waals surface area contributed by atoms with E-state index in [2.05, 4.69) is 45.1 Å². The van der Waals surface area contributed by atoms with E-state index in [1.165, 1.54) is 5.56 Å². The average molecular weight is 751 g/mol. The highest BCUT2D eigenvalue weighted by molar-refractivity contribution is 5.70. The molecule has 0 spiro atoms. The van der Waals surface area contributed by atoms with E-state index in [4.69, 9.17) is 38.1 Å². The average Bonchev–Trinajstić information content (AvgIpc) is 3.25. The molecule has 0 amide bonds. The van der Waals surface area contributed by atoms with Crippen LogP contribution in [0, 0.1) is 0 Å². The Morgan fingerprint density at radius 1 is 0.582 bits per heavy atom. The zero-order valence-electron chi connectivity index (χ0n) is 33.5. The van der Waals surface area contributed by atoms with E-state index in [0.29, 0.717) is 40.5 Å². The number of hydrogen-bond donors (Lipinski definition) is 0. The number of rotatable bonds is 15. The molecule has 292 valence electrons. The van der Waals surface area contributed by atoms with Crippen LogP contribution in [0.5, 0.6) is 40.2 Å². The van der Waals surface area contributed by atoms with Crippen LogP contribution in [-0.2, 0) is 13.1 Å². The maximum atomic E-state index is 5.58. The monoisotopic (exact) mass is 750 g/mol. The van der Waals surface area contributed by atoms with Crippen molar-refractivity contribution in [1.82, 2.24) is 14.9 Å². The van der Waals surface area contributed by atoms with E-state index < -0.39 is 0 Å². The fourth-order valence-electron chi connectivity index (χ4n) is 6.93. The highest BCUT2D eigenvalue weighted by Crippen LogP contribution is 2.42. The number of piperidine rings is 1. The van der Waals surface area contributed by atoms with Crippen molar-refractivity contribution in [2.75, 3.05) is 67.8 Å². The Balaban J connectivity index is 0.00000285. The minimum Gasteiger partial charge on any atom is -0.497 e. The van der Waals surface area contributed by atoms with Gasteiger partial charge in [0.15, 0.2) is 23.0 Å². The van der Waals surface area contributed by atoms with Gasteiger partial charge in [-0.3, -0.25) is 14.9 Å². The first-order chi connectivity index (χ1) is 26.9. The molecule has 5 aromatic rings. The van der Waals surface area contributed by atoms with Gasteiger partial charge in [-0.2, -0.15) is 0 Å². The second-order valence-electron chi connectivity index (χ2n) is 12.8. The summed E-state index contributed by atoms with van der Waals surface area (Å²) in [6.45, 7) is 7.50. The molecule has 6 rings (SSSR count). The lowest BCUT2D eigenvalue weighted by Gasteiger charge is -2.40. The van der Waals surface area contributed by atoms with Crippen LogP contribution >= 0.6 is 0 Å². The topological polar surface area (TPSA) is 96.9 Å². The quantitative estimate of drug-likeness (QED) is 0.103. The number of ether oxygens (including phenoxy) is 7. The minimum atomic E-state index is 0.349. The molecule has 0 saturated carbocycles. The number of methoxy groups -OCH3 is 7. The predicted molar refractivity (Wildman–Crippen MR) is 217 cm³/mol. The van der Waals surface area contributed by atoms with Gasteiger partial charge in [-0.1, -0.05) is 19.9 Å². The van der Waals surface area contributed by atoms with Gasteiger partial charge in [0.2, 0.25) is 11.5 Å². The van der Waals surface area contributed by atoms with E-state index in [9.17, 15) is 0 Å². The lowest BCUT2D eigenvalue weighted by atomic mass is 10.00. The third-order valence-corrected chi connectivity index (χ3v) is 9.73. The van der Waals surface area contributed by atoms with Crippen molar-refractivity contribution >= 4 is 5.69 Å². The number of hydrogen-bond acceptors (Lipinski definition) is 11. The fraction of sp³-hybridized carbons (Fsp3) is 0.364. The summed E-state index contributed by atoms with van der Waals surface area (Å²) in [5.74, 6) is 4.33. The first kappa shape index (κ1) is 40.5. The van der Waals surface area contributed by atoms with Gasteiger partial charge in [0.1, 0.15) is 5.75 Å². The summed E-state index contributed by atoms with van der Waals surface area (Å²) in [6.07, 6.45) is 5.87. The van der Waals surface area contributed by atoms with E-state index in [1.54, 1.807) is 49.8 Å². The Morgan fingerprint density at radius 3 is 1.60 bits per heavy atom. The Labute approximate surface area is 325 Å². The molecule has 2 aromatic heterocycles. The van der Waals surface area contributed by atoms with Crippen LogP contribution in [0.25, 0.3) is 22.5 Å². The normalized spacial score (nSPS) is 12.9. The highest BCUT2D eigenvalue weighted by atomic mass is 16.5. The largest absolute Gasteiger partial charge is 0.497 e. The van der Waals surface area contributed by atoms with Gasteiger partial charge in [0.25, 0.3) is 0 Å². The molecule has 1 aliphatic heterocycles. The summed E-state index contributed by atoms with van der Waals surface area (Å²) in [7, 11) is 11.4. The zero-order valence-corrected chi connectivity index (χ0v) is 33.5. The lowest BCUT2D eigenvalue weighted by molar-refractivity contribution is 0.201. The summed E-state index contributed by atoms with van der Waals surface area (Å²) >= 11 is 0. The van der Waals surface area contributed by atoms with Crippen LogP contribution in [0.3, 0.4) is 0 Å². The third-order valence-electron chi connectivity index (χ3n) is 9.73. The standard InChI is InChI=1S/C42H48N4O7.C2H6/c1-47-34-11-9-32(10-12-34)46(27-29-8-13-35(44-25-29)30-21-37(48-2)41(52-6)38(22-30)49-3)33-15-18-45(19-16-33)26-28-14-17-43-36(20-28)31-23-39(50-4)42(53-7)40(24-31)51-5;1-2/h8-14,17,20-25,33H,15-16,18-19,26-27H2,1-7H3;1-2H3. The Hall–Kier alpha value is -5.68. The first-order valence-electron chi connectivity index (χ1n) is 18.6. The Morgan fingerprint density at radius 2 is 1.13 bits per heavy atom. The van der Waals surface area contributed by atoms with Gasteiger partial charge in [0.05, 0.1) is 61.2 Å². The third kappa shape index (κ3) is 9.53. The van der Waals surface area contributed by atoms with Gasteiger partial charge in [-0.15, -0.1) is 0 Å². The molecular weight excluding hydrogens is 697 g/mol. The minimum absolute atomic E-state index is 0.349. The molecule has 0 bridgehead atoms. The van der Waals surface area contributed by atoms with E-state index >= 15 is 0 Å². The van der Waals surface area contributed by atoms with Crippen LogP contribution in [0.15, 0.2) is 85.2 Å². The van der Waals surface area contributed by atoms with Crippen molar-refractivity contribution < 1.29 is 33.2 Å². The van der Waals surface area contributed by atoms with Crippen LogP contribution in [0.1, 0.15) is 37.8 Å². The van der Waals surface area contributed by atoms with Crippen molar-refractivity contribution in [2.45, 2.75) is 45.8 Å². The zero-order chi connectivity index (χ0) is 39.3. The van der Waals surface area contributed by atoms with Gasteiger partial charge in [-0.25, -0.2) is 0 Å². The molecule has 0 atom stereocenters. The summed E-state index contributed by atoms with van der Waals surface area (Å²) < 4.78 is 38.8. The molecule has 11 nitrogen and oxygen atoms in total. The summed E-state index contributed by atoms with van der Waals surface area (Å²) in [5, 5.41) is 0. The number of likely N-dealkylation sites (tertiary alicyclic amines) is 1. The van der Waals surface area contributed by atoms with Gasteiger partial charge in [0, 0.05) is 61.4 Å². The van der Waals surface area contributed by atoms with Crippen molar-refractivity contribution in [1.29, 1.82) is 0 Å². The van der Waals surface area contributed by atoms with Crippen molar-refractivity contribution in [3.63, 3.8) is 0 Å². The molecule has 11 heteroatoms. The van der Waals surface area contributed by atoms with E-state index in [-0.39, 0.29) is 0 Å². The maximum absolute atomic E-state index is 5.58. The lowest BCUT2D eigenvalue weighted by Crippen LogP contribution is -2.44. The van der Waals surface area contributed by atoms with Crippen molar-refractivity contribution in [3.05, 3.63) is 96.3 Å². The van der Waals surface area contributed by atoms with Crippen molar-refractivity contribution in [3.8, 4) is 62.8 Å². The second-order valence-corrected chi connectivity index (χ2v) is 12.8.